The molecule has 0 aromatic heterocycles. The first-order valence-corrected chi connectivity index (χ1v) is 9.00. The predicted octanol–water partition coefficient (Wildman–Crippen LogP) is 3.95. The molecule has 0 aliphatic rings. The Labute approximate surface area is 163 Å². The summed E-state index contributed by atoms with van der Waals surface area (Å²) in [6.07, 6.45) is 0. The molecule has 0 spiro atoms. The van der Waals surface area contributed by atoms with Crippen molar-refractivity contribution in [2.45, 2.75) is 13.8 Å². The third kappa shape index (κ3) is 5.28. The van der Waals surface area contributed by atoms with Crippen LogP contribution >= 0.6 is 23.8 Å². The molecule has 0 aliphatic heterocycles. The molecule has 0 saturated carbocycles. The van der Waals surface area contributed by atoms with Gasteiger partial charge in [-0.1, -0.05) is 17.7 Å². The van der Waals surface area contributed by atoms with Gasteiger partial charge < -0.3 is 10.2 Å². The minimum atomic E-state index is -0.338. The number of hydrogen-bond donors (Lipinski definition) is 2. The van der Waals surface area contributed by atoms with Crippen molar-refractivity contribution >= 4 is 46.4 Å². The highest BCUT2D eigenvalue weighted by molar-refractivity contribution is 7.80. The van der Waals surface area contributed by atoms with Crippen molar-refractivity contribution < 1.29 is 9.59 Å². The van der Waals surface area contributed by atoms with Crippen LogP contribution in [0.4, 0.5) is 5.69 Å². The van der Waals surface area contributed by atoms with Gasteiger partial charge in [0.2, 0.25) is 0 Å². The molecule has 0 bridgehead atoms. The van der Waals surface area contributed by atoms with E-state index in [2.05, 4.69) is 10.6 Å². The molecule has 26 heavy (non-hydrogen) atoms. The summed E-state index contributed by atoms with van der Waals surface area (Å²) in [6, 6.07) is 13.5. The molecule has 7 heteroatoms. The number of rotatable bonds is 5. The van der Waals surface area contributed by atoms with E-state index in [0.717, 1.165) is 0 Å². The number of anilines is 1. The molecule has 5 nitrogen and oxygen atoms in total. The Morgan fingerprint density at radius 2 is 1.69 bits per heavy atom. The van der Waals surface area contributed by atoms with Crippen molar-refractivity contribution in [1.29, 1.82) is 0 Å². The lowest BCUT2D eigenvalue weighted by atomic mass is 10.1. The van der Waals surface area contributed by atoms with Crippen LogP contribution < -0.4 is 10.6 Å². The Bertz CT molecular complexity index is 805. The Balaban J connectivity index is 2.03. The maximum absolute atomic E-state index is 12.4. The number of nitrogens with one attached hydrogen (secondary N) is 2. The first-order valence-electron chi connectivity index (χ1n) is 8.21. The van der Waals surface area contributed by atoms with Gasteiger partial charge in [-0.15, -0.1) is 0 Å². The lowest BCUT2D eigenvalue weighted by Crippen LogP contribution is -2.34. The summed E-state index contributed by atoms with van der Waals surface area (Å²) in [7, 11) is 0. The van der Waals surface area contributed by atoms with Gasteiger partial charge >= 0.3 is 0 Å². The van der Waals surface area contributed by atoms with Gasteiger partial charge in [-0.05, 0) is 68.5 Å². The lowest BCUT2D eigenvalue weighted by Gasteiger charge is -2.19. The van der Waals surface area contributed by atoms with Gasteiger partial charge in [-0.25, -0.2) is 0 Å². The van der Waals surface area contributed by atoms with Gasteiger partial charge in [-0.2, -0.15) is 0 Å². The molecule has 0 radical (unpaired) electrons. The second-order valence-corrected chi connectivity index (χ2v) is 6.32. The smallest absolute Gasteiger partial charge is 0.257 e. The van der Waals surface area contributed by atoms with Crippen LogP contribution in [0.3, 0.4) is 0 Å². The average molecular weight is 390 g/mol. The number of nitrogens with zero attached hydrogens (tertiary/aromatic N) is 1. The molecule has 2 aromatic rings. The molecular formula is C19H20ClN3O2S. The highest BCUT2D eigenvalue weighted by Gasteiger charge is 2.13. The van der Waals surface area contributed by atoms with Gasteiger partial charge in [0.1, 0.15) is 0 Å². The zero-order valence-electron chi connectivity index (χ0n) is 14.6. The Morgan fingerprint density at radius 1 is 1.04 bits per heavy atom. The number of carbonyl (C=O) groups is 2. The molecule has 0 atom stereocenters. The fourth-order valence-electron chi connectivity index (χ4n) is 2.36. The van der Waals surface area contributed by atoms with E-state index in [1.54, 1.807) is 53.4 Å². The van der Waals surface area contributed by atoms with Crippen LogP contribution in [0.15, 0.2) is 48.5 Å². The number of thiocarbonyl (C=S) groups is 1. The van der Waals surface area contributed by atoms with E-state index in [9.17, 15) is 9.59 Å². The van der Waals surface area contributed by atoms with E-state index in [4.69, 9.17) is 23.8 Å². The number of hydrogen-bond acceptors (Lipinski definition) is 3. The van der Waals surface area contributed by atoms with Crippen LogP contribution in [0, 0.1) is 0 Å². The first kappa shape index (κ1) is 19.9. The van der Waals surface area contributed by atoms with E-state index in [-0.39, 0.29) is 16.9 Å². The van der Waals surface area contributed by atoms with E-state index in [1.165, 1.54) is 0 Å². The largest absolute Gasteiger partial charge is 0.339 e. The third-order valence-corrected chi connectivity index (χ3v) is 4.21. The Kier molecular flexibility index (Phi) is 7.12. The van der Waals surface area contributed by atoms with Crippen LogP contribution in [-0.2, 0) is 0 Å². The summed E-state index contributed by atoms with van der Waals surface area (Å²) < 4.78 is 0. The van der Waals surface area contributed by atoms with Crippen molar-refractivity contribution in [2.24, 2.45) is 0 Å². The average Bonchev–Trinajstić information content (AvgIpc) is 2.63. The zero-order chi connectivity index (χ0) is 19.1. The molecule has 2 rings (SSSR count). The SMILES string of the molecule is CCN(CC)C(=O)c1cccc(NC(=S)NC(=O)c2ccc(Cl)cc2)c1. The maximum Gasteiger partial charge on any atom is 0.257 e. The molecule has 2 aromatic carbocycles. The number of halogens is 1. The monoisotopic (exact) mass is 389 g/mol. The first-order chi connectivity index (χ1) is 12.4. The van der Waals surface area contributed by atoms with E-state index >= 15 is 0 Å². The summed E-state index contributed by atoms with van der Waals surface area (Å²) in [6.45, 7) is 5.15. The van der Waals surface area contributed by atoms with Gasteiger partial charge in [0.15, 0.2) is 5.11 Å². The van der Waals surface area contributed by atoms with Crippen molar-refractivity contribution in [3.8, 4) is 0 Å². The molecule has 2 amide bonds. The molecule has 0 unspecified atom stereocenters. The summed E-state index contributed by atoms with van der Waals surface area (Å²) in [4.78, 5) is 26.3. The van der Waals surface area contributed by atoms with Crippen LogP contribution in [0.5, 0.6) is 0 Å². The van der Waals surface area contributed by atoms with Crippen LogP contribution in [-0.4, -0.2) is 34.9 Å². The molecular weight excluding hydrogens is 370 g/mol. The second kappa shape index (κ2) is 9.31. The molecule has 136 valence electrons. The molecule has 0 saturated heterocycles. The van der Waals surface area contributed by atoms with Crippen molar-refractivity contribution in [2.75, 3.05) is 18.4 Å². The van der Waals surface area contributed by atoms with E-state index in [1.807, 2.05) is 13.8 Å². The second-order valence-electron chi connectivity index (χ2n) is 5.47. The highest BCUT2D eigenvalue weighted by Crippen LogP contribution is 2.13. The number of carbonyl (C=O) groups excluding carboxylic acids is 2. The molecule has 0 fully saturated rings. The fraction of sp³-hybridized carbons (Fsp3) is 0.211. The summed E-state index contributed by atoms with van der Waals surface area (Å²) in [5, 5.41) is 6.23. The zero-order valence-corrected chi connectivity index (χ0v) is 16.2. The topological polar surface area (TPSA) is 61.4 Å². The van der Waals surface area contributed by atoms with Crippen LogP contribution in [0.1, 0.15) is 34.6 Å². The third-order valence-electron chi connectivity index (χ3n) is 3.75. The highest BCUT2D eigenvalue weighted by atomic mass is 35.5. The molecule has 0 aliphatic carbocycles. The van der Waals surface area contributed by atoms with Crippen molar-refractivity contribution in [3.05, 3.63) is 64.7 Å². The van der Waals surface area contributed by atoms with Crippen molar-refractivity contribution in [3.63, 3.8) is 0 Å². The van der Waals surface area contributed by atoms with E-state index < -0.39 is 0 Å². The van der Waals surface area contributed by atoms with E-state index in [0.29, 0.717) is 34.9 Å². The fourth-order valence-corrected chi connectivity index (χ4v) is 2.70. The lowest BCUT2D eigenvalue weighted by molar-refractivity contribution is 0.0772. The minimum absolute atomic E-state index is 0.0465. The predicted molar refractivity (Wildman–Crippen MR) is 109 cm³/mol. The summed E-state index contributed by atoms with van der Waals surface area (Å²) >= 11 is 11.0. The quantitative estimate of drug-likeness (QED) is 0.760. The van der Waals surface area contributed by atoms with Crippen molar-refractivity contribution in [1.82, 2.24) is 10.2 Å². The summed E-state index contributed by atoms with van der Waals surface area (Å²) in [5.41, 5.74) is 1.64. The van der Waals surface area contributed by atoms with Gasteiger partial charge in [0.05, 0.1) is 0 Å². The Morgan fingerprint density at radius 3 is 2.31 bits per heavy atom. The molecule has 0 heterocycles. The maximum atomic E-state index is 12.4. The van der Waals surface area contributed by atoms with Gasteiger partial charge in [-0.3, -0.25) is 14.9 Å². The van der Waals surface area contributed by atoms with Crippen LogP contribution in [0.25, 0.3) is 0 Å². The molecule has 2 N–H and O–H groups in total. The van der Waals surface area contributed by atoms with Crippen LogP contribution in [0.2, 0.25) is 5.02 Å². The number of amides is 2. The van der Waals surface area contributed by atoms with Gasteiger partial charge in [0, 0.05) is 34.9 Å². The standard InChI is InChI=1S/C19H20ClN3O2S/c1-3-23(4-2)18(25)14-6-5-7-16(12-14)21-19(26)22-17(24)13-8-10-15(20)11-9-13/h5-12H,3-4H2,1-2H3,(H2,21,22,24,26). The minimum Gasteiger partial charge on any atom is -0.339 e. The summed E-state index contributed by atoms with van der Waals surface area (Å²) in [5.74, 6) is -0.385. The normalized spacial score (nSPS) is 10.1. The van der Waals surface area contributed by atoms with Gasteiger partial charge in [0.25, 0.3) is 11.8 Å². The Hall–Kier alpha value is -2.44. The number of benzene rings is 2.